The molecular formula is C12H11NOS. The Hall–Kier alpha value is -1.48. The van der Waals surface area contributed by atoms with Gasteiger partial charge in [-0.15, -0.1) is 0 Å². The SMILES string of the molecule is O=C(c1ccccc1)N1CC=CCC1=S. The molecule has 0 saturated heterocycles. The molecule has 0 unspecified atom stereocenters. The van der Waals surface area contributed by atoms with E-state index < -0.39 is 0 Å². The highest BCUT2D eigenvalue weighted by molar-refractivity contribution is 7.80. The summed E-state index contributed by atoms with van der Waals surface area (Å²) in [6, 6.07) is 9.23. The lowest BCUT2D eigenvalue weighted by atomic mass is 10.1. The molecule has 1 amide bonds. The van der Waals surface area contributed by atoms with Crippen LogP contribution < -0.4 is 0 Å². The Morgan fingerprint density at radius 3 is 2.60 bits per heavy atom. The molecule has 0 radical (unpaired) electrons. The first-order chi connectivity index (χ1) is 7.29. The number of rotatable bonds is 1. The van der Waals surface area contributed by atoms with Gasteiger partial charge in [-0.1, -0.05) is 42.6 Å². The second kappa shape index (κ2) is 4.36. The van der Waals surface area contributed by atoms with Gasteiger partial charge >= 0.3 is 0 Å². The van der Waals surface area contributed by atoms with Gasteiger partial charge in [0, 0.05) is 18.5 Å². The summed E-state index contributed by atoms with van der Waals surface area (Å²) in [5.74, 6) is -0.00931. The highest BCUT2D eigenvalue weighted by atomic mass is 32.1. The van der Waals surface area contributed by atoms with E-state index in [9.17, 15) is 4.79 Å². The molecule has 15 heavy (non-hydrogen) atoms. The molecule has 1 aromatic carbocycles. The first-order valence-corrected chi connectivity index (χ1v) is 5.24. The molecule has 0 spiro atoms. The lowest BCUT2D eigenvalue weighted by molar-refractivity contribution is 0.0857. The quantitative estimate of drug-likeness (QED) is 0.532. The summed E-state index contributed by atoms with van der Waals surface area (Å²) in [7, 11) is 0. The molecular weight excluding hydrogens is 206 g/mol. The van der Waals surface area contributed by atoms with Crippen LogP contribution in [0.2, 0.25) is 0 Å². The minimum atomic E-state index is -0.00931. The number of hydrogen-bond donors (Lipinski definition) is 0. The van der Waals surface area contributed by atoms with Gasteiger partial charge in [0.05, 0.1) is 4.99 Å². The van der Waals surface area contributed by atoms with Gasteiger partial charge in [-0.2, -0.15) is 0 Å². The van der Waals surface area contributed by atoms with Gasteiger partial charge in [-0.25, -0.2) is 0 Å². The minimum absolute atomic E-state index is 0.00931. The van der Waals surface area contributed by atoms with Crippen LogP contribution in [0.3, 0.4) is 0 Å². The van der Waals surface area contributed by atoms with Crippen LogP contribution in [0.5, 0.6) is 0 Å². The fraction of sp³-hybridized carbons (Fsp3) is 0.167. The number of carbonyl (C=O) groups excluding carboxylic acids is 1. The van der Waals surface area contributed by atoms with E-state index in [0.29, 0.717) is 23.5 Å². The molecule has 0 saturated carbocycles. The number of carbonyl (C=O) groups is 1. The lowest BCUT2D eigenvalue weighted by Crippen LogP contribution is -2.37. The van der Waals surface area contributed by atoms with Crippen molar-refractivity contribution in [2.24, 2.45) is 0 Å². The first-order valence-electron chi connectivity index (χ1n) is 4.84. The Labute approximate surface area is 94.2 Å². The van der Waals surface area contributed by atoms with E-state index in [1.165, 1.54) is 0 Å². The van der Waals surface area contributed by atoms with Crippen molar-refractivity contribution in [3.05, 3.63) is 48.0 Å². The van der Waals surface area contributed by atoms with Gasteiger partial charge in [-0.3, -0.25) is 9.69 Å². The number of benzene rings is 1. The van der Waals surface area contributed by atoms with Crippen LogP contribution in [0.15, 0.2) is 42.5 Å². The topological polar surface area (TPSA) is 20.3 Å². The van der Waals surface area contributed by atoms with E-state index in [1.54, 1.807) is 4.90 Å². The van der Waals surface area contributed by atoms with Crippen LogP contribution in [-0.2, 0) is 0 Å². The van der Waals surface area contributed by atoms with E-state index in [-0.39, 0.29) is 5.91 Å². The molecule has 0 fully saturated rings. The maximum absolute atomic E-state index is 12.0. The van der Waals surface area contributed by atoms with Crippen LogP contribution in [0.25, 0.3) is 0 Å². The summed E-state index contributed by atoms with van der Waals surface area (Å²) in [4.78, 5) is 14.4. The monoisotopic (exact) mass is 217 g/mol. The molecule has 2 rings (SSSR count). The first kappa shape index (κ1) is 10.1. The summed E-state index contributed by atoms with van der Waals surface area (Å²) in [5.41, 5.74) is 0.690. The van der Waals surface area contributed by atoms with Crippen LogP contribution in [-0.4, -0.2) is 22.3 Å². The van der Waals surface area contributed by atoms with Crippen molar-refractivity contribution < 1.29 is 4.79 Å². The zero-order valence-corrected chi connectivity index (χ0v) is 9.04. The van der Waals surface area contributed by atoms with Gasteiger partial charge in [0.15, 0.2) is 0 Å². The van der Waals surface area contributed by atoms with Gasteiger partial charge in [0.1, 0.15) is 0 Å². The summed E-state index contributed by atoms with van der Waals surface area (Å²) in [5, 5.41) is 0. The number of nitrogens with zero attached hydrogens (tertiary/aromatic N) is 1. The van der Waals surface area contributed by atoms with Gasteiger partial charge in [0.25, 0.3) is 5.91 Å². The lowest BCUT2D eigenvalue weighted by Gasteiger charge is -2.24. The average Bonchev–Trinajstić information content (AvgIpc) is 2.30. The highest BCUT2D eigenvalue weighted by Gasteiger charge is 2.19. The number of hydrogen-bond acceptors (Lipinski definition) is 2. The highest BCUT2D eigenvalue weighted by Crippen LogP contribution is 2.11. The minimum Gasteiger partial charge on any atom is -0.298 e. The third-order valence-corrected chi connectivity index (χ3v) is 2.70. The second-order valence-corrected chi connectivity index (χ2v) is 3.82. The Morgan fingerprint density at radius 1 is 1.20 bits per heavy atom. The van der Waals surface area contributed by atoms with Crippen LogP contribution in [0, 0.1) is 0 Å². The van der Waals surface area contributed by atoms with Crippen LogP contribution >= 0.6 is 12.2 Å². The molecule has 0 aromatic heterocycles. The summed E-state index contributed by atoms with van der Waals surface area (Å²) in [6.07, 6.45) is 4.65. The Morgan fingerprint density at radius 2 is 1.93 bits per heavy atom. The fourth-order valence-electron chi connectivity index (χ4n) is 1.51. The molecule has 1 heterocycles. The van der Waals surface area contributed by atoms with E-state index >= 15 is 0 Å². The molecule has 76 valence electrons. The molecule has 0 atom stereocenters. The standard InChI is InChI=1S/C12H11NOS/c14-12(10-6-2-1-3-7-10)13-9-5-4-8-11(13)15/h1-7H,8-9H2. The van der Waals surface area contributed by atoms with Gasteiger partial charge in [0.2, 0.25) is 0 Å². The molecule has 2 nitrogen and oxygen atoms in total. The summed E-state index contributed by atoms with van der Waals surface area (Å²) >= 11 is 5.16. The van der Waals surface area contributed by atoms with Crippen molar-refractivity contribution in [2.75, 3.05) is 6.54 Å². The zero-order chi connectivity index (χ0) is 10.7. The largest absolute Gasteiger partial charge is 0.298 e. The van der Waals surface area contributed by atoms with E-state index in [4.69, 9.17) is 12.2 Å². The molecule has 1 aliphatic rings. The third kappa shape index (κ3) is 2.13. The van der Waals surface area contributed by atoms with Crippen molar-refractivity contribution in [1.82, 2.24) is 4.90 Å². The molecule has 3 heteroatoms. The van der Waals surface area contributed by atoms with Crippen molar-refractivity contribution in [1.29, 1.82) is 0 Å². The van der Waals surface area contributed by atoms with E-state index in [0.717, 1.165) is 0 Å². The third-order valence-electron chi connectivity index (χ3n) is 2.31. The van der Waals surface area contributed by atoms with Gasteiger partial charge < -0.3 is 0 Å². The molecule has 0 aliphatic carbocycles. The normalized spacial score (nSPS) is 15.5. The smallest absolute Gasteiger partial charge is 0.258 e. The van der Waals surface area contributed by atoms with Crippen molar-refractivity contribution in [3.8, 4) is 0 Å². The van der Waals surface area contributed by atoms with Crippen molar-refractivity contribution >= 4 is 23.1 Å². The van der Waals surface area contributed by atoms with Crippen LogP contribution in [0.4, 0.5) is 0 Å². The summed E-state index contributed by atoms with van der Waals surface area (Å²) < 4.78 is 0. The van der Waals surface area contributed by atoms with E-state index in [2.05, 4.69) is 0 Å². The molecule has 1 aliphatic heterocycles. The molecule has 0 bridgehead atoms. The summed E-state index contributed by atoms with van der Waals surface area (Å²) in [6.45, 7) is 0.590. The van der Waals surface area contributed by atoms with Gasteiger partial charge in [-0.05, 0) is 12.1 Å². The second-order valence-electron chi connectivity index (χ2n) is 3.35. The average molecular weight is 217 g/mol. The number of amides is 1. The van der Waals surface area contributed by atoms with Crippen LogP contribution in [0.1, 0.15) is 16.8 Å². The zero-order valence-electron chi connectivity index (χ0n) is 8.22. The molecule has 1 aromatic rings. The van der Waals surface area contributed by atoms with E-state index in [1.807, 2.05) is 42.5 Å². The Balaban J connectivity index is 2.21. The predicted octanol–water partition coefficient (Wildman–Crippen LogP) is 2.42. The fourth-order valence-corrected chi connectivity index (χ4v) is 1.76. The maximum Gasteiger partial charge on any atom is 0.258 e. The van der Waals surface area contributed by atoms with Crippen molar-refractivity contribution in [2.45, 2.75) is 6.42 Å². The Kier molecular flexibility index (Phi) is 2.92. The van der Waals surface area contributed by atoms with Crippen molar-refractivity contribution in [3.63, 3.8) is 0 Å². The molecule has 0 N–H and O–H groups in total. The predicted molar refractivity (Wildman–Crippen MR) is 63.8 cm³/mol. The number of thiocarbonyl (C=S) groups is 1. The maximum atomic E-state index is 12.0. The Bertz CT molecular complexity index is 411.